The van der Waals surface area contributed by atoms with Gasteiger partial charge in [0.1, 0.15) is 5.84 Å². The van der Waals surface area contributed by atoms with Gasteiger partial charge >= 0.3 is 0 Å². The molecule has 2 amide bonds. The third kappa shape index (κ3) is 6.61. The molecule has 1 aliphatic heterocycles. The first-order valence-corrected chi connectivity index (χ1v) is 14.4. The summed E-state index contributed by atoms with van der Waals surface area (Å²) in [6, 6.07) is 20.0. The summed E-state index contributed by atoms with van der Waals surface area (Å²) in [5.41, 5.74) is 9.75. The number of sulfonamides is 1. The van der Waals surface area contributed by atoms with E-state index >= 15 is 0 Å². The molecule has 1 heterocycles. The average molecular weight is 545 g/mol. The molecule has 202 valence electrons. The monoisotopic (exact) mass is 544 g/mol. The lowest BCUT2D eigenvalue weighted by atomic mass is 10.0. The maximum Gasteiger partial charge on any atom is 0.264 e. The molecule has 0 atom stereocenters. The lowest BCUT2D eigenvalue weighted by molar-refractivity contribution is -0.127. The van der Waals surface area contributed by atoms with E-state index in [9.17, 15) is 18.0 Å². The van der Waals surface area contributed by atoms with Gasteiger partial charge in [0.05, 0.1) is 10.6 Å². The van der Waals surface area contributed by atoms with E-state index in [1.165, 1.54) is 12.1 Å². The number of nitrogens with zero attached hydrogens (tertiary/aromatic N) is 2. The van der Waals surface area contributed by atoms with Gasteiger partial charge in [0.2, 0.25) is 5.91 Å². The van der Waals surface area contributed by atoms with E-state index in [1.807, 2.05) is 43.0 Å². The lowest BCUT2D eigenvalue weighted by Crippen LogP contribution is -2.34. The number of fused-ring (bicyclic) bond motifs is 1. The first-order chi connectivity index (χ1) is 18.7. The van der Waals surface area contributed by atoms with Crippen molar-refractivity contribution in [2.75, 3.05) is 13.1 Å². The second-order valence-corrected chi connectivity index (χ2v) is 11.0. The third-order valence-electron chi connectivity index (χ3n) is 6.29. The molecule has 0 saturated heterocycles. The molecule has 0 unspecified atom stereocenters. The number of amides is 2. The fourth-order valence-electron chi connectivity index (χ4n) is 4.44. The van der Waals surface area contributed by atoms with Gasteiger partial charge in [-0.05, 0) is 60.4 Å². The number of amidine groups is 1. The fraction of sp³-hybridized carbons (Fsp3) is 0.233. The molecular formula is C30H32N4O4S. The zero-order valence-electron chi connectivity index (χ0n) is 22.1. The molecule has 0 fully saturated rings. The van der Waals surface area contributed by atoms with Crippen LogP contribution >= 0.6 is 0 Å². The zero-order valence-corrected chi connectivity index (χ0v) is 22.9. The van der Waals surface area contributed by atoms with Gasteiger partial charge < -0.3 is 10.6 Å². The predicted octanol–water partition coefficient (Wildman–Crippen LogP) is 4.90. The topological polar surface area (TPSA) is 122 Å². The maximum absolute atomic E-state index is 13.2. The predicted molar refractivity (Wildman–Crippen MR) is 154 cm³/mol. The van der Waals surface area contributed by atoms with Crippen LogP contribution < -0.4 is 10.5 Å². The van der Waals surface area contributed by atoms with Gasteiger partial charge in [0.15, 0.2) is 0 Å². The van der Waals surface area contributed by atoms with E-state index < -0.39 is 15.9 Å². The van der Waals surface area contributed by atoms with Gasteiger partial charge in [-0.25, -0.2) is 18.1 Å². The molecule has 0 aromatic heterocycles. The van der Waals surface area contributed by atoms with Crippen LogP contribution in [0.4, 0.5) is 5.69 Å². The van der Waals surface area contributed by atoms with E-state index in [4.69, 9.17) is 5.73 Å². The van der Waals surface area contributed by atoms with Crippen LogP contribution in [0.5, 0.6) is 0 Å². The quantitative estimate of drug-likeness (QED) is 0.397. The second-order valence-electron chi connectivity index (χ2n) is 9.34. The highest BCUT2D eigenvalue weighted by atomic mass is 32.2. The van der Waals surface area contributed by atoms with Crippen LogP contribution in [0, 0.1) is 0 Å². The fourth-order valence-corrected chi connectivity index (χ4v) is 5.46. The Balaban J connectivity index is 1.63. The van der Waals surface area contributed by atoms with Crippen LogP contribution in [-0.4, -0.2) is 44.1 Å². The summed E-state index contributed by atoms with van der Waals surface area (Å²) in [7, 11) is -4.10. The third-order valence-corrected chi connectivity index (χ3v) is 7.61. The van der Waals surface area contributed by atoms with Crippen molar-refractivity contribution < 1.29 is 18.0 Å². The summed E-state index contributed by atoms with van der Waals surface area (Å²) in [5.74, 6) is -0.410. The van der Waals surface area contributed by atoms with E-state index in [2.05, 4.69) is 9.71 Å². The molecule has 0 spiro atoms. The summed E-state index contributed by atoms with van der Waals surface area (Å²) < 4.78 is 28.0. The van der Waals surface area contributed by atoms with Gasteiger partial charge in [0.25, 0.3) is 15.9 Å². The van der Waals surface area contributed by atoms with E-state index in [-0.39, 0.29) is 22.8 Å². The van der Waals surface area contributed by atoms with Crippen LogP contribution in [0.15, 0.2) is 88.3 Å². The molecule has 3 aromatic rings. The summed E-state index contributed by atoms with van der Waals surface area (Å²) >= 11 is 0. The number of rotatable bonds is 9. The smallest absolute Gasteiger partial charge is 0.264 e. The Morgan fingerprint density at radius 2 is 1.62 bits per heavy atom. The molecular weight excluding hydrogens is 512 g/mol. The Kier molecular flexibility index (Phi) is 8.61. The van der Waals surface area contributed by atoms with Crippen LogP contribution in [0.2, 0.25) is 0 Å². The van der Waals surface area contributed by atoms with Crippen molar-refractivity contribution in [1.82, 2.24) is 9.62 Å². The van der Waals surface area contributed by atoms with Crippen molar-refractivity contribution in [2.45, 2.75) is 38.0 Å². The average Bonchev–Trinajstić information content (AvgIpc) is 3.10. The number of nitrogens with one attached hydrogen (secondary N) is 1. The number of hydrogen-bond donors (Lipinski definition) is 2. The minimum Gasteiger partial charge on any atom is -0.387 e. The van der Waals surface area contributed by atoms with Gasteiger partial charge in [-0.15, -0.1) is 0 Å². The van der Waals surface area contributed by atoms with Crippen LogP contribution in [0.25, 0.3) is 17.2 Å². The lowest BCUT2D eigenvalue weighted by Gasteiger charge is -2.22. The van der Waals surface area contributed by atoms with E-state index in [1.54, 1.807) is 42.5 Å². The maximum atomic E-state index is 13.2. The van der Waals surface area contributed by atoms with E-state index in [0.717, 1.165) is 24.0 Å². The summed E-state index contributed by atoms with van der Waals surface area (Å²) in [4.78, 5) is 32.0. The Morgan fingerprint density at radius 3 is 2.31 bits per heavy atom. The molecule has 0 radical (unpaired) electrons. The number of carbonyl (C=O) groups excluding carboxylic acids is 2. The molecule has 0 saturated carbocycles. The molecule has 1 aliphatic rings. The Labute approximate surface area is 229 Å². The molecule has 39 heavy (non-hydrogen) atoms. The number of aliphatic imine (C=N–C) groups is 1. The van der Waals surface area contributed by atoms with Crippen molar-refractivity contribution in [3.05, 3.63) is 89.5 Å². The van der Waals surface area contributed by atoms with Gasteiger partial charge in [-0.3, -0.25) is 9.59 Å². The molecule has 4 rings (SSSR count). The summed E-state index contributed by atoms with van der Waals surface area (Å²) in [5, 5.41) is 0. The Bertz CT molecular complexity index is 1540. The van der Waals surface area contributed by atoms with Crippen molar-refractivity contribution in [3.63, 3.8) is 0 Å². The van der Waals surface area contributed by atoms with Crippen molar-refractivity contribution in [1.29, 1.82) is 0 Å². The largest absolute Gasteiger partial charge is 0.387 e. The Hall–Kier alpha value is -4.24. The van der Waals surface area contributed by atoms with Crippen LogP contribution in [0.3, 0.4) is 0 Å². The van der Waals surface area contributed by atoms with Crippen LogP contribution in [0.1, 0.15) is 49.0 Å². The van der Waals surface area contributed by atoms with Crippen molar-refractivity contribution in [3.8, 4) is 11.1 Å². The molecule has 9 heteroatoms. The van der Waals surface area contributed by atoms with E-state index in [0.29, 0.717) is 35.7 Å². The van der Waals surface area contributed by atoms with Crippen molar-refractivity contribution >= 4 is 39.4 Å². The molecule has 0 bridgehead atoms. The van der Waals surface area contributed by atoms with Gasteiger partial charge in [-0.1, -0.05) is 56.3 Å². The number of carbonyl (C=O) groups is 2. The minimum absolute atomic E-state index is 0.0377. The molecule has 0 aliphatic carbocycles. The number of hydrogen-bond acceptors (Lipinski definition) is 6. The normalized spacial score (nSPS) is 13.0. The highest BCUT2D eigenvalue weighted by molar-refractivity contribution is 7.90. The second kappa shape index (κ2) is 12.1. The van der Waals surface area contributed by atoms with Gasteiger partial charge in [-0.2, -0.15) is 0 Å². The molecule has 3 aromatic carbocycles. The Morgan fingerprint density at radius 1 is 0.923 bits per heavy atom. The summed E-state index contributed by atoms with van der Waals surface area (Å²) in [6.45, 7) is 5.44. The van der Waals surface area contributed by atoms with Gasteiger partial charge in [0, 0.05) is 36.2 Å². The van der Waals surface area contributed by atoms with Crippen LogP contribution in [-0.2, 0) is 14.8 Å². The standard InChI is InChI=1S/C30H32N4O4S/c1-3-15-34(16-4-2)30(36)25-17-24-14-13-23(19-27(24)32-28(31)20-25)22-11-8-12-26(18-22)39(37,38)33-29(35)21-9-6-5-7-10-21/h5-14,17-19H,3-4,15-16,20H2,1-2H3,(H2,31,32)(H,33,35). The zero-order chi connectivity index (χ0) is 28.0. The highest BCUT2D eigenvalue weighted by Crippen LogP contribution is 2.33. The SMILES string of the molecule is CCCN(CCC)C(=O)C1=Cc2ccc(-c3cccc(S(=O)(=O)NC(=O)c4ccccc4)c3)cc2N=C(N)C1. The highest BCUT2D eigenvalue weighted by Gasteiger charge is 2.22. The summed E-state index contributed by atoms with van der Waals surface area (Å²) in [6.07, 6.45) is 3.82. The minimum atomic E-state index is -4.10. The first kappa shape index (κ1) is 27.8. The molecule has 8 nitrogen and oxygen atoms in total. The molecule has 3 N–H and O–H groups in total. The first-order valence-electron chi connectivity index (χ1n) is 12.9. The number of benzene rings is 3. The van der Waals surface area contributed by atoms with Crippen molar-refractivity contribution in [2.24, 2.45) is 10.7 Å². The number of nitrogens with two attached hydrogens (primary N) is 1.